The Morgan fingerprint density at radius 1 is 1.11 bits per heavy atom. The Balaban J connectivity index is 0.00000225. The van der Waals surface area contributed by atoms with Crippen LogP contribution in [0.15, 0.2) is 70.2 Å². The molecule has 0 unspecified atom stereocenters. The van der Waals surface area contributed by atoms with Crippen molar-refractivity contribution in [2.24, 2.45) is 10.7 Å². The molecule has 0 aliphatic heterocycles. The first-order chi connectivity index (χ1) is 13.3. The molecule has 0 saturated carbocycles. The second-order valence-corrected chi connectivity index (χ2v) is 6.98. The highest BCUT2D eigenvalue weighted by molar-refractivity contribution is 14.0. The summed E-state index contributed by atoms with van der Waals surface area (Å²) in [5, 5.41) is 3.96. The number of nitrogens with one attached hydrogen (secondary N) is 1. The number of rotatable bonds is 6. The summed E-state index contributed by atoms with van der Waals surface area (Å²) >= 11 is 1.61. The van der Waals surface area contributed by atoms with Gasteiger partial charge in [0.05, 0.1) is 10.2 Å². The highest BCUT2D eigenvalue weighted by atomic mass is 127. The van der Waals surface area contributed by atoms with Gasteiger partial charge in [-0.25, -0.2) is 9.98 Å². The molecule has 0 saturated heterocycles. The molecule has 3 heterocycles. The van der Waals surface area contributed by atoms with Gasteiger partial charge in [0, 0.05) is 24.9 Å². The third-order valence-electron chi connectivity index (χ3n) is 3.98. The number of thiazole rings is 1. The number of aliphatic imine (C=N–C) groups is 1. The van der Waals surface area contributed by atoms with Gasteiger partial charge in [-0.2, -0.15) is 0 Å². The van der Waals surface area contributed by atoms with Gasteiger partial charge in [-0.05, 0) is 36.4 Å². The van der Waals surface area contributed by atoms with E-state index >= 15 is 0 Å². The monoisotopic (exact) mass is 505 g/mol. The van der Waals surface area contributed by atoms with Gasteiger partial charge in [-0.3, -0.25) is 4.98 Å². The number of hydrogen-bond donors (Lipinski definition) is 2. The zero-order valence-electron chi connectivity index (χ0n) is 15.0. The van der Waals surface area contributed by atoms with E-state index in [4.69, 9.17) is 10.2 Å². The maximum absolute atomic E-state index is 5.92. The van der Waals surface area contributed by atoms with Gasteiger partial charge in [0.2, 0.25) is 0 Å². The zero-order valence-corrected chi connectivity index (χ0v) is 18.2. The van der Waals surface area contributed by atoms with E-state index in [9.17, 15) is 0 Å². The molecule has 4 aromatic rings. The Kier molecular flexibility index (Phi) is 6.99. The molecular formula is C20H20IN5OS. The Morgan fingerprint density at radius 3 is 2.79 bits per heavy atom. The number of nitrogens with zero attached hydrogens (tertiary/aromatic N) is 3. The summed E-state index contributed by atoms with van der Waals surface area (Å²) < 4.78 is 7.01. The SMILES string of the molecule is I.NC(=NCc1ccc(-c2nc3ccccc3s2)o1)NCCc1ccccn1. The molecule has 0 aliphatic carbocycles. The minimum absolute atomic E-state index is 0. The quantitative estimate of drug-likeness (QED) is 0.233. The van der Waals surface area contributed by atoms with Crippen LogP contribution in [0.25, 0.3) is 21.0 Å². The number of furan rings is 1. The summed E-state index contributed by atoms with van der Waals surface area (Å²) in [5.41, 5.74) is 7.92. The van der Waals surface area contributed by atoms with Crippen LogP contribution in [0.4, 0.5) is 0 Å². The van der Waals surface area contributed by atoms with E-state index in [1.54, 1.807) is 17.5 Å². The van der Waals surface area contributed by atoms with Crippen molar-refractivity contribution < 1.29 is 4.42 Å². The Labute approximate surface area is 183 Å². The summed E-state index contributed by atoms with van der Waals surface area (Å²) in [4.78, 5) is 13.2. The summed E-state index contributed by atoms with van der Waals surface area (Å²) in [6, 6.07) is 17.7. The van der Waals surface area contributed by atoms with Crippen molar-refractivity contribution in [2.45, 2.75) is 13.0 Å². The van der Waals surface area contributed by atoms with Crippen LogP contribution in [0, 0.1) is 0 Å². The summed E-state index contributed by atoms with van der Waals surface area (Å²) in [7, 11) is 0. The Bertz CT molecular complexity index is 1030. The van der Waals surface area contributed by atoms with Crippen molar-refractivity contribution in [3.63, 3.8) is 0 Å². The van der Waals surface area contributed by atoms with Gasteiger partial charge in [0.25, 0.3) is 0 Å². The number of benzene rings is 1. The third kappa shape index (κ3) is 5.08. The molecule has 6 nitrogen and oxygen atoms in total. The molecule has 0 radical (unpaired) electrons. The smallest absolute Gasteiger partial charge is 0.189 e. The molecule has 28 heavy (non-hydrogen) atoms. The second kappa shape index (κ2) is 9.65. The molecule has 4 rings (SSSR count). The van der Waals surface area contributed by atoms with Crippen LogP contribution in [-0.4, -0.2) is 22.5 Å². The average Bonchev–Trinajstić information content (AvgIpc) is 3.34. The fourth-order valence-electron chi connectivity index (χ4n) is 2.64. The normalized spacial score (nSPS) is 11.4. The fraction of sp³-hybridized carbons (Fsp3) is 0.150. The molecule has 0 bridgehead atoms. The second-order valence-electron chi connectivity index (χ2n) is 5.95. The van der Waals surface area contributed by atoms with Gasteiger partial charge >= 0.3 is 0 Å². The standard InChI is InChI=1S/C20H19N5OS.HI/c21-20(23-12-10-14-5-3-4-11-22-14)24-13-15-8-9-17(26-15)19-25-16-6-1-2-7-18(16)27-19;/h1-9,11H,10,12-13H2,(H3,21,23,24);1H. The molecule has 0 aliphatic rings. The minimum Gasteiger partial charge on any atom is -0.457 e. The van der Waals surface area contributed by atoms with Crippen LogP contribution >= 0.6 is 35.3 Å². The lowest BCUT2D eigenvalue weighted by atomic mass is 10.3. The van der Waals surface area contributed by atoms with Gasteiger partial charge in [-0.15, -0.1) is 35.3 Å². The molecule has 3 N–H and O–H groups in total. The molecule has 8 heteroatoms. The van der Waals surface area contributed by atoms with Gasteiger partial charge in [0.15, 0.2) is 16.7 Å². The molecule has 0 fully saturated rings. The number of para-hydroxylation sites is 1. The number of fused-ring (bicyclic) bond motifs is 1. The predicted octanol–water partition coefficient (Wildman–Crippen LogP) is 4.22. The van der Waals surface area contributed by atoms with Gasteiger partial charge in [-0.1, -0.05) is 18.2 Å². The van der Waals surface area contributed by atoms with E-state index in [0.717, 1.165) is 38.9 Å². The topological polar surface area (TPSA) is 89.3 Å². The van der Waals surface area contributed by atoms with E-state index in [1.165, 1.54) is 0 Å². The lowest BCUT2D eigenvalue weighted by Crippen LogP contribution is -2.33. The lowest BCUT2D eigenvalue weighted by molar-refractivity contribution is 0.525. The number of halogens is 1. The highest BCUT2D eigenvalue weighted by Gasteiger charge is 2.10. The van der Waals surface area contributed by atoms with Crippen LogP contribution in [0.5, 0.6) is 0 Å². The maximum Gasteiger partial charge on any atom is 0.189 e. The first kappa shape index (κ1) is 20.3. The number of pyridine rings is 1. The molecule has 0 spiro atoms. The molecule has 3 aromatic heterocycles. The molecular weight excluding hydrogens is 485 g/mol. The van der Waals surface area contributed by atoms with Crippen LogP contribution in [-0.2, 0) is 13.0 Å². The van der Waals surface area contributed by atoms with Crippen LogP contribution in [0.2, 0.25) is 0 Å². The first-order valence-electron chi connectivity index (χ1n) is 8.66. The van der Waals surface area contributed by atoms with E-state index in [-0.39, 0.29) is 24.0 Å². The zero-order chi connectivity index (χ0) is 18.5. The summed E-state index contributed by atoms with van der Waals surface area (Å²) in [6.07, 6.45) is 2.58. The number of hydrogen-bond acceptors (Lipinski definition) is 5. The van der Waals surface area contributed by atoms with Gasteiger partial charge in [0.1, 0.15) is 12.3 Å². The van der Waals surface area contributed by atoms with Crippen LogP contribution in [0.1, 0.15) is 11.5 Å². The molecule has 1 aromatic carbocycles. The van der Waals surface area contributed by atoms with E-state index < -0.39 is 0 Å². The maximum atomic E-state index is 5.92. The van der Waals surface area contributed by atoms with E-state index in [2.05, 4.69) is 26.3 Å². The van der Waals surface area contributed by atoms with Crippen LogP contribution < -0.4 is 11.1 Å². The van der Waals surface area contributed by atoms with Crippen molar-refractivity contribution in [1.29, 1.82) is 0 Å². The number of aromatic nitrogens is 2. The van der Waals surface area contributed by atoms with Crippen molar-refractivity contribution in [3.8, 4) is 10.8 Å². The predicted molar refractivity (Wildman–Crippen MR) is 124 cm³/mol. The Morgan fingerprint density at radius 2 is 1.96 bits per heavy atom. The highest BCUT2D eigenvalue weighted by Crippen LogP contribution is 2.31. The van der Waals surface area contributed by atoms with Crippen molar-refractivity contribution in [2.75, 3.05) is 6.54 Å². The molecule has 144 valence electrons. The first-order valence-corrected chi connectivity index (χ1v) is 9.48. The lowest BCUT2D eigenvalue weighted by Gasteiger charge is -2.04. The largest absolute Gasteiger partial charge is 0.457 e. The van der Waals surface area contributed by atoms with Crippen LogP contribution in [0.3, 0.4) is 0 Å². The third-order valence-corrected chi connectivity index (χ3v) is 5.04. The average molecular weight is 505 g/mol. The van der Waals surface area contributed by atoms with Gasteiger partial charge < -0.3 is 15.5 Å². The van der Waals surface area contributed by atoms with E-state index in [0.29, 0.717) is 19.0 Å². The minimum atomic E-state index is 0. The van der Waals surface area contributed by atoms with E-state index in [1.807, 2.05) is 48.5 Å². The summed E-state index contributed by atoms with van der Waals surface area (Å²) in [5.74, 6) is 1.89. The van der Waals surface area contributed by atoms with Crippen molar-refractivity contribution in [1.82, 2.24) is 15.3 Å². The Hall–Kier alpha value is -2.46. The molecule has 0 amide bonds. The number of guanidine groups is 1. The molecule has 0 atom stereocenters. The summed E-state index contributed by atoms with van der Waals surface area (Å²) in [6.45, 7) is 1.06. The van der Waals surface area contributed by atoms with Crippen molar-refractivity contribution >= 4 is 51.5 Å². The number of nitrogens with two attached hydrogens (primary N) is 1. The fourth-order valence-corrected chi connectivity index (χ4v) is 3.57. The van der Waals surface area contributed by atoms with Crippen molar-refractivity contribution in [3.05, 3.63) is 72.2 Å².